The summed E-state index contributed by atoms with van der Waals surface area (Å²) in [5, 5.41) is 7.36. The number of thiocarbonyl (C=S) groups is 1. The van der Waals surface area contributed by atoms with Crippen molar-refractivity contribution in [2.45, 2.75) is 6.92 Å². The highest BCUT2D eigenvalue weighted by atomic mass is 32.1. The molecule has 8 heavy (non-hydrogen) atoms. The van der Waals surface area contributed by atoms with E-state index in [4.69, 9.17) is 5.41 Å². The third kappa shape index (κ3) is 59.6. The number of carbonyl (C=O) groups excluding carboxylic acids is 1. The average Bonchev–Trinajstić information content (AvgIpc) is 1.69. The van der Waals surface area contributed by atoms with Crippen molar-refractivity contribution in [1.82, 2.24) is 0 Å². The van der Waals surface area contributed by atoms with Gasteiger partial charge >= 0.3 is 5.97 Å². The Balaban J connectivity index is 0. The van der Waals surface area contributed by atoms with E-state index in [1.165, 1.54) is 14.0 Å². The van der Waals surface area contributed by atoms with E-state index in [9.17, 15) is 4.79 Å². The average molecular weight is 133 g/mol. The first-order chi connectivity index (χ1) is 3.68. The molecular weight excluding hydrogens is 126 g/mol. The lowest BCUT2D eigenvalue weighted by Gasteiger charge is -1.80. The Hall–Kier alpha value is -0.730. The molecule has 46 valence electrons. The van der Waals surface area contributed by atoms with E-state index >= 15 is 0 Å². The van der Waals surface area contributed by atoms with E-state index in [2.05, 4.69) is 17.0 Å². The standard InChI is InChI=1S/C3H6O2.CHNS/c1-3(4)5-2;2-1-3/h1-2H3;2H. The molecule has 0 saturated carbocycles. The molecule has 0 rings (SSSR count). The Bertz CT molecular complexity index is 96.2. The lowest BCUT2D eigenvalue weighted by Crippen LogP contribution is -1.88. The van der Waals surface area contributed by atoms with Crippen LogP contribution in [0.15, 0.2) is 0 Å². The van der Waals surface area contributed by atoms with E-state index in [0.29, 0.717) is 0 Å². The largest absolute Gasteiger partial charge is 0.469 e. The van der Waals surface area contributed by atoms with Gasteiger partial charge < -0.3 is 4.74 Å². The fourth-order valence-electron chi connectivity index (χ4n) is 0. The number of esters is 1. The summed E-state index contributed by atoms with van der Waals surface area (Å²) >= 11 is 3.81. The molecule has 0 aliphatic rings. The molecule has 0 aromatic rings. The van der Waals surface area contributed by atoms with Gasteiger partial charge in [-0.2, -0.15) is 0 Å². The number of hydrogen-bond acceptors (Lipinski definition) is 4. The van der Waals surface area contributed by atoms with Crippen molar-refractivity contribution >= 4 is 23.3 Å². The van der Waals surface area contributed by atoms with E-state index in [1.54, 1.807) is 5.16 Å². The SMILES string of the molecule is COC(C)=O.N=C=S. The number of methoxy groups -OCH3 is 1. The second kappa shape index (κ2) is 9.55. The molecule has 0 unspecified atom stereocenters. The Morgan fingerprint density at radius 1 is 1.88 bits per heavy atom. The lowest BCUT2D eigenvalue weighted by molar-refractivity contribution is -0.137. The minimum Gasteiger partial charge on any atom is -0.469 e. The van der Waals surface area contributed by atoms with E-state index in [0.717, 1.165) is 0 Å². The fourth-order valence-corrected chi connectivity index (χ4v) is 0. The van der Waals surface area contributed by atoms with Crippen LogP contribution in [0.3, 0.4) is 0 Å². The van der Waals surface area contributed by atoms with Crippen LogP contribution in [0.25, 0.3) is 0 Å². The van der Waals surface area contributed by atoms with Crippen molar-refractivity contribution in [3.63, 3.8) is 0 Å². The van der Waals surface area contributed by atoms with Gasteiger partial charge in [0.15, 0.2) is 0 Å². The van der Waals surface area contributed by atoms with Gasteiger partial charge in [0.2, 0.25) is 0 Å². The van der Waals surface area contributed by atoms with Crippen molar-refractivity contribution in [2.24, 2.45) is 0 Å². The van der Waals surface area contributed by atoms with Crippen molar-refractivity contribution in [2.75, 3.05) is 7.11 Å². The molecule has 0 radical (unpaired) electrons. The van der Waals surface area contributed by atoms with Gasteiger partial charge in [-0.15, -0.1) is 0 Å². The second-order valence-corrected chi connectivity index (χ2v) is 1.00. The Labute approximate surface area is 53.2 Å². The van der Waals surface area contributed by atoms with Crippen molar-refractivity contribution in [1.29, 1.82) is 5.41 Å². The topological polar surface area (TPSA) is 50.2 Å². The van der Waals surface area contributed by atoms with Crippen LogP contribution in [0.1, 0.15) is 6.92 Å². The molecule has 0 atom stereocenters. The maximum Gasteiger partial charge on any atom is 0.302 e. The van der Waals surface area contributed by atoms with E-state index in [1.807, 2.05) is 0 Å². The predicted molar refractivity (Wildman–Crippen MR) is 33.0 cm³/mol. The monoisotopic (exact) mass is 133 g/mol. The summed E-state index contributed by atoms with van der Waals surface area (Å²) in [7, 11) is 1.35. The summed E-state index contributed by atoms with van der Waals surface area (Å²) in [6.45, 7) is 1.36. The molecule has 0 amide bonds. The molecule has 0 heterocycles. The molecule has 4 heteroatoms. The van der Waals surface area contributed by atoms with Crippen LogP contribution in [0.2, 0.25) is 0 Å². The highest BCUT2D eigenvalue weighted by Crippen LogP contribution is 1.60. The number of carbonyl (C=O) groups is 1. The number of ether oxygens (including phenoxy) is 1. The van der Waals surface area contributed by atoms with Crippen LogP contribution in [-0.2, 0) is 9.53 Å². The molecule has 0 aliphatic heterocycles. The van der Waals surface area contributed by atoms with Crippen molar-refractivity contribution < 1.29 is 9.53 Å². The first-order valence-corrected chi connectivity index (χ1v) is 2.18. The summed E-state index contributed by atoms with van der Waals surface area (Å²) in [4.78, 5) is 9.59. The van der Waals surface area contributed by atoms with Crippen LogP contribution < -0.4 is 0 Å². The van der Waals surface area contributed by atoms with Gasteiger partial charge in [-0.25, -0.2) is 5.41 Å². The maximum absolute atomic E-state index is 9.59. The second-order valence-electron chi connectivity index (χ2n) is 0.798. The number of nitrogens with one attached hydrogen (secondary N) is 1. The molecule has 1 N–H and O–H groups in total. The van der Waals surface area contributed by atoms with Crippen LogP contribution >= 0.6 is 12.2 Å². The first-order valence-electron chi connectivity index (χ1n) is 1.77. The Morgan fingerprint density at radius 2 is 2.00 bits per heavy atom. The quantitative estimate of drug-likeness (QED) is 0.303. The highest BCUT2D eigenvalue weighted by Gasteiger charge is 1.75. The fraction of sp³-hybridized carbons (Fsp3) is 0.500. The minimum absolute atomic E-state index is 0.245. The van der Waals surface area contributed by atoms with Gasteiger partial charge in [0, 0.05) is 6.92 Å². The molecular formula is C4H7NO2S. The molecule has 0 aromatic heterocycles. The van der Waals surface area contributed by atoms with Gasteiger partial charge in [0.05, 0.1) is 12.3 Å². The minimum atomic E-state index is -0.245. The van der Waals surface area contributed by atoms with Gasteiger partial charge in [0.1, 0.15) is 0 Å². The van der Waals surface area contributed by atoms with Gasteiger partial charge in [0.25, 0.3) is 0 Å². The summed E-state index contributed by atoms with van der Waals surface area (Å²) < 4.78 is 4.11. The zero-order valence-corrected chi connectivity index (χ0v) is 5.54. The number of isothiocyanates is 1. The Kier molecular flexibility index (Phi) is 12.3. The normalized spacial score (nSPS) is 5.25. The van der Waals surface area contributed by atoms with Crippen LogP contribution in [0.5, 0.6) is 0 Å². The lowest BCUT2D eigenvalue weighted by atomic mass is 10.8. The maximum atomic E-state index is 9.59. The van der Waals surface area contributed by atoms with E-state index in [-0.39, 0.29) is 5.97 Å². The third-order valence-electron chi connectivity index (χ3n) is 0.287. The van der Waals surface area contributed by atoms with Crippen LogP contribution in [-0.4, -0.2) is 18.2 Å². The van der Waals surface area contributed by atoms with Gasteiger partial charge in [-0.1, -0.05) is 0 Å². The van der Waals surface area contributed by atoms with Gasteiger partial charge in [-0.3, -0.25) is 4.79 Å². The zero-order chi connectivity index (χ0) is 6.99. The number of rotatable bonds is 0. The first kappa shape index (κ1) is 10.3. The van der Waals surface area contributed by atoms with Crippen LogP contribution in [0.4, 0.5) is 0 Å². The van der Waals surface area contributed by atoms with Crippen molar-refractivity contribution in [3.8, 4) is 0 Å². The van der Waals surface area contributed by atoms with E-state index < -0.39 is 0 Å². The molecule has 3 nitrogen and oxygen atoms in total. The molecule has 0 aliphatic carbocycles. The number of hydrogen-bond donors (Lipinski definition) is 1. The van der Waals surface area contributed by atoms with Crippen molar-refractivity contribution in [3.05, 3.63) is 0 Å². The summed E-state index contributed by atoms with van der Waals surface area (Å²) in [6, 6.07) is 0. The molecule has 0 saturated heterocycles. The van der Waals surface area contributed by atoms with Gasteiger partial charge in [-0.05, 0) is 12.2 Å². The molecule has 0 fully saturated rings. The molecule has 0 bridgehead atoms. The summed E-state index contributed by atoms with van der Waals surface area (Å²) in [5.74, 6) is -0.245. The third-order valence-corrected chi connectivity index (χ3v) is 0.287. The predicted octanol–water partition coefficient (Wildman–Crippen LogP) is 0.847. The molecule has 0 aromatic carbocycles. The molecule has 0 spiro atoms. The Morgan fingerprint density at radius 3 is 2.00 bits per heavy atom. The zero-order valence-electron chi connectivity index (χ0n) is 4.72. The summed E-state index contributed by atoms with van der Waals surface area (Å²) in [6.07, 6.45) is 0. The van der Waals surface area contributed by atoms with Crippen LogP contribution in [0, 0.1) is 5.41 Å². The smallest absolute Gasteiger partial charge is 0.302 e. The highest BCUT2D eigenvalue weighted by molar-refractivity contribution is 7.78. The summed E-state index contributed by atoms with van der Waals surface area (Å²) in [5.41, 5.74) is 0.